The van der Waals surface area contributed by atoms with Crippen molar-refractivity contribution >= 4 is 22.8 Å². The molecule has 7 heteroatoms. The first-order valence-electron chi connectivity index (χ1n) is 8.43. The molecule has 2 aromatic carbocycles. The number of benzene rings is 2. The summed E-state index contributed by atoms with van der Waals surface area (Å²) in [7, 11) is 0. The summed E-state index contributed by atoms with van der Waals surface area (Å²) >= 11 is 0. The zero-order valence-corrected chi connectivity index (χ0v) is 14.4. The predicted molar refractivity (Wildman–Crippen MR) is 99.9 cm³/mol. The highest BCUT2D eigenvalue weighted by Crippen LogP contribution is 2.12. The normalized spacial score (nSPS) is 10.5. The second-order valence-corrected chi connectivity index (χ2v) is 5.90. The zero-order chi connectivity index (χ0) is 19.2. The Morgan fingerprint density at radius 2 is 1.67 bits per heavy atom. The second-order valence-electron chi connectivity index (χ2n) is 5.90. The van der Waals surface area contributed by atoms with Crippen LogP contribution in [0.25, 0.3) is 11.0 Å². The number of hydrogen-bond acceptors (Lipinski definition) is 5. The Morgan fingerprint density at radius 3 is 2.44 bits per heavy atom. The number of hydrogen-bond donors (Lipinski definition) is 3. The molecule has 0 aliphatic rings. The Morgan fingerprint density at radius 1 is 0.926 bits per heavy atom. The number of para-hydroxylation sites is 1. The highest BCUT2D eigenvalue weighted by atomic mass is 16.4. The van der Waals surface area contributed by atoms with Gasteiger partial charge in [0.2, 0.25) is 0 Å². The summed E-state index contributed by atoms with van der Waals surface area (Å²) in [5, 5.41) is 15.4. The third-order valence-electron chi connectivity index (χ3n) is 3.92. The van der Waals surface area contributed by atoms with Gasteiger partial charge in [0.25, 0.3) is 11.8 Å². The van der Waals surface area contributed by atoms with E-state index in [9.17, 15) is 19.5 Å². The Kier molecular flexibility index (Phi) is 5.51. The molecule has 0 aliphatic carbocycles. The van der Waals surface area contributed by atoms with E-state index in [1.54, 1.807) is 36.4 Å². The van der Waals surface area contributed by atoms with Crippen molar-refractivity contribution in [2.24, 2.45) is 0 Å². The largest absolute Gasteiger partial charge is 0.508 e. The number of phenols is 1. The van der Waals surface area contributed by atoms with E-state index < -0.39 is 11.5 Å². The standard InChI is InChI=1S/C20H18N2O5/c23-15-7-3-6-14(11-15)18(24)21-9-4-10-22-19(25)16-12-13-5-1-2-8-17(13)27-20(16)26/h1-3,5-8,11-12,23H,4,9-10H2,(H,21,24)(H,22,25). The molecule has 0 bridgehead atoms. The molecule has 3 rings (SSSR count). The van der Waals surface area contributed by atoms with Gasteiger partial charge in [-0.25, -0.2) is 4.79 Å². The van der Waals surface area contributed by atoms with Gasteiger partial charge in [0.05, 0.1) is 0 Å². The van der Waals surface area contributed by atoms with E-state index in [0.717, 1.165) is 0 Å². The van der Waals surface area contributed by atoms with E-state index in [-0.39, 0.29) is 23.8 Å². The lowest BCUT2D eigenvalue weighted by Crippen LogP contribution is -2.32. The Balaban J connectivity index is 1.49. The quantitative estimate of drug-likeness (QED) is 0.457. The SMILES string of the molecule is O=C(NCCCNC(=O)c1cc2ccccc2oc1=O)c1cccc(O)c1. The molecular weight excluding hydrogens is 348 g/mol. The minimum absolute atomic E-state index is 0.0177. The minimum atomic E-state index is -0.691. The van der Waals surface area contributed by atoms with Crippen LogP contribution in [-0.2, 0) is 0 Å². The zero-order valence-electron chi connectivity index (χ0n) is 14.4. The molecule has 0 radical (unpaired) electrons. The molecule has 2 amide bonds. The van der Waals surface area contributed by atoms with Crippen LogP contribution in [0.1, 0.15) is 27.1 Å². The molecule has 0 unspecified atom stereocenters. The molecule has 0 saturated carbocycles. The van der Waals surface area contributed by atoms with E-state index in [1.165, 1.54) is 18.2 Å². The van der Waals surface area contributed by atoms with Crippen molar-refractivity contribution in [1.29, 1.82) is 0 Å². The molecule has 0 spiro atoms. The maximum Gasteiger partial charge on any atom is 0.349 e. The lowest BCUT2D eigenvalue weighted by Gasteiger charge is -2.07. The average Bonchev–Trinajstić information content (AvgIpc) is 2.66. The van der Waals surface area contributed by atoms with E-state index >= 15 is 0 Å². The summed E-state index contributed by atoms with van der Waals surface area (Å²) in [6.45, 7) is 0.618. The van der Waals surface area contributed by atoms with Crippen LogP contribution in [0.2, 0.25) is 0 Å². The number of rotatable bonds is 6. The first-order valence-corrected chi connectivity index (χ1v) is 8.43. The summed E-state index contributed by atoms with van der Waals surface area (Å²) in [5.41, 5.74) is 0.0300. The van der Waals surface area contributed by atoms with Crippen molar-refractivity contribution < 1.29 is 19.1 Å². The van der Waals surface area contributed by atoms with Gasteiger partial charge in [-0.2, -0.15) is 0 Å². The summed E-state index contributed by atoms with van der Waals surface area (Å²) in [6.07, 6.45) is 0.481. The van der Waals surface area contributed by atoms with E-state index in [0.29, 0.717) is 29.5 Å². The smallest absolute Gasteiger partial charge is 0.349 e. The van der Waals surface area contributed by atoms with Crippen LogP contribution in [-0.4, -0.2) is 30.0 Å². The molecule has 27 heavy (non-hydrogen) atoms. The molecule has 7 nitrogen and oxygen atoms in total. The molecule has 0 saturated heterocycles. The predicted octanol–water partition coefficient (Wildman–Crippen LogP) is 2.05. The van der Waals surface area contributed by atoms with Crippen LogP contribution in [0.15, 0.2) is 63.8 Å². The van der Waals surface area contributed by atoms with Gasteiger partial charge in [0, 0.05) is 24.0 Å². The van der Waals surface area contributed by atoms with Crippen molar-refractivity contribution in [3.63, 3.8) is 0 Å². The molecule has 138 valence electrons. The Bertz CT molecular complexity index is 1040. The molecule has 3 N–H and O–H groups in total. The fraction of sp³-hybridized carbons (Fsp3) is 0.150. The van der Waals surface area contributed by atoms with Gasteiger partial charge in [-0.1, -0.05) is 24.3 Å². The number of nitrogens with one attached hydrogen (secondary N) is 2. The van der Waals surface area contributed by atoms with E-state index in [1.807, 2.05) is 0 Å². The van der Waals surface area contributed by atoms with Gasteiger partial charge < -0.3 is 20.2 Å². The first-order chi connectivity index (χ1) is 13.0. The molecule has 3 aromatic rings. The molecule has 1 aromatic heterocycles. The van der Waals surface area contributed by atoms with Crippen LogP contribution < -0.4 is 16.3 Å². The maximum atomic E-state index is 12.2. The fourth-order valence-corrected chi connectivity index (χ4v) is 2.56. The monoisotopic (exact) mass is 366 g/mol. The number of fused-ring (bicyclic) bond motifs is 1. The van der Waals surface area contributed by atoms with Gasteiger partial charge >= 0.3 is 5.63 Å². The van der Waals surface area contributed by atoms with Gasteiger partial charge in [0.1, 0.15) is 16.9 Å². The first kappa shape index (κ1) is 18.2. The van der Waals surface area contributed by atoms with Crippen LogP contribution >= 0.6 is 0 Å². The topological polar surface area (TPSA) is 109 Å². The second kappa shape index (κ2) is 8.18. The highest BCUT2D eigenvalue weighted by Gasteiger charge is 2.13. The molecule has 0 fully saturated rings. The number of amides is 2. The van der Waals surface area contributed by atoms with Crippen molar-refractivity contribution in [3.05, 3.63) is 76.1 Å². The van der Waals surface area contributed by atoms with Crippen molar-refractivity contribution in [3.8, 4) is 5.75 Å². The summed E-state index contributed by atoms with van der Waals surface area (Å²) < 4.78 is 5.14. The number of aromatic hydroxyl groups is 1. The lowest BCUT2D eigenvalue weighted by atomic mass is 10.2. The van der Waals surface area contributed by atoms with Crippen molar-refractivity contribution in [1.82, 2.24) is 10.6 Å². The molecule has 0 atom stereocenters. The van der Waals surface area contributed by atoms with E-state index in [4.69, 9.17) is 4.42 Å². The summed E-state index contributed by atoms with van der Waals surface area (Å²) in [4.78, 5) is 36.0. The average molecular weight is 366 g/mol. The fourth-order valence-electron chi connectivity index (χ4n) is 2.56. The number of phenolic OH excluding ortho intramolecular Hbond substituents is 1. The maximum absolute atomic E-state index is 12.2. The molecule has 1 heterocycles. The Hall–Kier alpha value is -3.61. The third-order valence-corrected chi connectivity index (χ3v) is 3.92. The molecule has 0 aliphatic heterocycles. The van der Waals surface area contributed by atoms with Crippen LogP contribution in [0, 0.1) is 0 Å². The number of carbonyl (C=O) groups is 2. The number of carbonyl (C=O) groups excluding carboxylic acids is 2. The van der Waals surface area contributed by atoms with Gasteiger partial charge in [-0.3, -0.25) is 9.59 Å². The van der Waals surface area contributed by atoms with E-state index in [2.05, 4.69) is 10.6 Å². The minimum Gasteiger partial charge on any atom is -0.508 e. The van der Waals surface area contributed by atoms with Gasteiger partial charge in [-0.15, -0.1) is 0 Å². The Labute approximate surface area is 154 Å². The third kappa shape index (κ3) is 4.52. The molecular formula is C20H18N2O5. The highest BCUT2D eigenvalue weighted by molar-refractivity contribution is 5.96. The van der Waals surface area contributed by atoms with Crippen LogP contribution in [0.5, 0.6) is 5.75 Å². The lowest BCUT2D eigenvalue weighted by molar-refractivity contribution is 0.0949. The summed E-state index contributed by atoms with van der Waals surface area (Å²) in [6, 6.07) is 14.5. The summed E-state index contributed by atoms with van der Waals surface area (Å²) in [5.74, 6) is -0.814. The van der Waals surface area contributed by atoms with Crippen LogP contribution in [0.3, 0.4) is 0 Å². The van der Waals surface area contributed by atoms with Crippen molar-refractivity contribution in [2.75, 3.05) is 13.1 Å². The van der Waals surface area contributed by atoms with Crippen molar-refractivity contribution in [2.45, 2.75) is 6.42 Å². The van der Waals surface area contributed by atoms with Crippen LogP contribution in [0.4, 0.5) is 0 Å². The van der Waals surface area contributed by atoms with Gasteiger partial charge in [-0.05, 0) is 36.8 Å². The van der Waals surface area contributed by atoms with Gasteiger partial charge in [0.15, 0.2) is 0 Å².